The first-order valence-electron chi connectivity index (χ1n) is 19.9. The number of hydrogen-bond donors (Lipinski definition) is 0. The molecule has 0 N–H and O–H groups in total. The van der Waals surface area contributed by atoms with Crippen LogP contribution in [0.3, 0.4) is 0 Å². The van der Waals surface area contributed by atoms with Crippen molar-refractivity contribution in [3.8, 4) is 28.7 Å². The van der Waals surface area contributed by atoms with Gasteiger partial charge < -0.3 is 22.6 Å². The zero-order chi connectivity index (χ0) is 40.2. The highest BCUT2D eigenvalue weighted by Gasteiger charge is 2.31. The van der Waals surface area contributed by atoms with Crippen LogP contribution in [0.1, 0.15) is 33.4 Å². The van der Waals surface area contributed by atoms with Crippen LogP contribution < -0.4 is 22.6 Å². The van der Waals surface area contributed by atoms with E-state index in [1.807, 2.05) is 24.3 Å². The van der Waals surface area contributed by atoms with E-state index in [0.29, 0.717) is 18.6 Å². The van der Waals surface area contributed by atoms with Crippen molar-refractivity contribution in [2.24, 2.45) is 0 Å². The van der Waals surface area contributed by atoms with E-state index >= 15 is 0 Å². The molecule has 0 saturated heterocycles. The summed E-state index contributed by atoms with van der Waals surface area (Å²) in [6.45, 7) is 2.21. The fourth-order valence-electron chi connectivity index (χ4n) is 8.50. The smallest absolute Gasteiger partial charge is 0.417 e. The van der Waals surface area contributed by atoms with Crippen LogP contribution in [0.4, 0.5) is 0 Å². The van der Waals surface area contributed by atoms with E-state index in [0.717, 1.165) is 104 Å². The van der Waals surface area contributed by atoms with Crippen molar-refractivity contribution in [3.05, 3.63) is 191 Å². The maximum Gasteiger partial charge on any atom is 0.530 e. The Labute approximate surface area is 355 Å². The fraction of sp³-hybridized carbons (Fsp3) is 0.0980. The second-order valence-corrected chi connectivity index (χ2v) is 18.0. The molecule has 294 valence electrons. The summed E-state index contributed by atoms with van der Waals surface area (Å²) in [7, 11) is -3.89. The van der Waals surface area contributed by atoms with Crippen molar-refractivity contribution < 1.29 is 27.1 Å². The van der Waals surface area contributed by atoms with Crippen LogP contribution in [0.25, 0.3) is 43.1 Å². The summed E-state index contributed by atoms with van der Waals surface area (Å²) in [5.41, 5.74) is 6.20. The zero-order valence-electron chi connectivity index (χ0n) is 32.9. The second-order valence-electron chi connectivity index (χ2n) is 15.0. The van der Waals surface area contributed by atoms with Crippen molar-refractivity contribution in [3.63, 3.8) is 0 Å². The van der Waals surface area contributed by atoms with Crippen LogP contribution in [0.5, 0.6) is 28.7 Å². The third kappa shape index (κ3) is 6.86. The molecule has 0 radical (unpaired) electrons. The number of hydrogen-bond acceptors (Lipinski definition) is 7. The molecule has 9 aromatic carbocycles. The molecule has 9 heteroatoms. The Balaban J connectivity index is 0.967. The van der Waals surface area contributed by atoms with Crippen LogP contribution in [-0.2, 0) is 24.0 Å². The highest BCUT2D eigenvalue weighted by atomic mass is 32.2. The normalized spacial score (nSPS) is 14.0. The van der Waals surface area contributed by atoms with Crippen LogP contribution in [0.2, 0.25) is 0 Å². The molecule has 0 atom stereocenters. The van der Waals surface area contributed by atoms with E-state index in [4.69, 9.17) is 27.1 Å². The molecule has 0 aromatic heterocycles. The third-order valence-corrected chi connectivity index (χ3v) is 14.2. The first-order chi connectivity index (χ1) is 29.6. The van der Waals surface area contributed by atoms with Crippen LogP contribution in [-0.4, -0.2) is 6.26 Å². The Morgan fingerprint density at radius 3 is 1.27 bits per heavy atom. The quantitative estimate of drug-likeness (QED) is 0.122. The first kappa shape index (κ1) is 37.2. The lowest BCUT2D eigenvalue weighted by Gasteiger charge is -2.27. The molecular weight excluding hydrogens is 803 g/mol. The molecule has 60 heavy (non-hydrogen) atoms. The van der Waals surface area contributed by atoms with Gasteiger partial charge in [0.15, 0.2) is 0 Å². The lowest BCUT2D eigenvalue weighted by Crippen LogP contribution is -2.11. The topological polar surface area (TPSA) is 55.4 Å². The van der Waals surface area contributed by atoms with E-state index in [9.17, 15) is 0 Å². The van der Waals surface area contributed by atoms with E-state index in [1.54, 1.807) is 11.8 Å². The van der Waals surface area contributed by atoms with Gasteiger partial charge >= 0.3 is 17.2 Å². The molecule has 9 aromatic rings. The largest absolute Gasteiger partial charge is 0.530 e. The molecular formula is C51H38O6P2S. The molecule has 0 spiro atoms. The summed E-state index contributed by atoms with van der Waals surface area (Å²) in [6, 6.07) is 54.6. The van der Waals surface area contributed by atoms with Gasteiger partial charge in [-0.2, -0.15) is 0 Å². The average Bonchev–Trinajstić information content (AvgIpc) is 3.27. The number of thioether (sulfide) groups is 1. The first-order valence-corrected chi connectivity index (χ1v) is 23.3. The second kappa shape index (κ2) is 15.7. The molecule has 0 unspecified atom stereocenters. The molecule has 2 aliphatic heterocycles. The van der Waals surface area contributed by atoms with Crippen LogP contribution in [0, 0.1) is 6.92 Å². The Morgan fingerprint density at radius 2 is 0.867 bits per heavy atom. The molecule has 0 bridgehead atoms. The van der Waals surface area contributed by atoms with Crippen molar-refractivity contribution in [2.45, 2.75) is 31.3 Å². The third-order valence-electron chi connectivity index (χ3n) is 11.4. The highest BCUT2D eigenvalue weighted by molar-refractivity contribution is 7.98. The minimum atomic E-state index is -1.98. The lowest BCUT2D eigenvalue weighted by atomic mass is 9.93. The van der Waals surface area contributed by atoms with Crippen LogP contribution in [0.15, 0.2) is 163 Å². The van der Waals surface area contributed by atoms with Gasteiger partial charge in [0.2, 0.25) is 0 Å². The zero-order valence-corrected chi connectivity index (χ0v) is 35.5. The predicted octanol–water partition coefficient (Wildman–Crippen LogP) is 14.8. The SMILES string of the molecule is CSc1cc(C)c(OP2Oc3ccc4ccccc4c3Cc3c(ccc4ccccc34)O2)c(COP2Oc3ccc4ccccc4c3Cc3c(ccc4ccccc34)O2)c1. The maximum absolute atomic E-state index is 6.94. The average molecular weight is 841 g/mol. The fourth-order valence-corrected chi connectivity index (χ4v) is 11.3. The molecule has 0 aliphatic carbocycles. The summed E-state index contributed by atoms with van der Waals surface area (Å²) in [6.07, 6.45) is 3.38. The van der Waals surface area contributed by atoms with Crippen molar-refractivity contribution >= 4 is 72.1 Å². The Kier molecular flexibility index (Phi) is 9.71. The molecule has 0 saturated carbocycles. The van der Waals surface area contributed by atoms with Gasteiger partial charge in [0.05, 0.1) is 6.61 Å². The minimum absolute atomic E-state index is 0.160. The summed E-state index contributed by atoms with van der Waals surface area (Å²) < 4.78 is 40.7. The van der Waals surface area contributed by atoms with Crippen LogP contribution >= 0.6 is 29.0 Å². The maximum atomic E-state index is 6.94. The minimum Gasteiger partial charge on any atom is -0.417 e. The van der Waals surface area contributed by atoms with E-state index in [-0.39, 0.29) is 6.61 Å². The standard InChI is InChI=1S/C51H38O6P2S/c1-32-27-38(60-2)28-37(31-52-58-53-47-23-19-33-11-3-7-15-39(33)43(47)29-44-40-16-8-4-12-34(40)20-24-48(44)54-58)51(32)57-59-55-49-25-21-35-13-5-9-17-41(35)45(49)30-46-42-18-10-6-14-36(42)22-26-50(46)56-59/h3-28H,29-31H2,1-2H3. The Hall–Kier alpha value is -5.81. The van der Waals surface area contributed by atoms with Gasteiger partial charge in [-0.1, -0.05) is 121 Å². The molecule has 2 aliphatic rings. The number of fused-ring (bicyclic) bond motifs is 12. The van der Waals surface area contributed by atoms with Crippen molar-refractivity contribution in [1.29, 1.82) is 0 Å². The van der Waals surface area contributed by atoms with Gasteiger partial charge in [-0.25, -0.2) is 0 Å². The Morgan fingerprint density at radius 1 is 0.483 bits per heavy atom. The number of benzene rings is 9. The van der Waals surface area contributed by atoms with Gasteiger partial charge in [-0.15, -0.1) is 11.8 Å². The van der Waals surface area contributed by atoms with E-state index in [2.05, 4.69) is 147 Å². The summed E-state index contributed by atoms with van der Waals surface area (Å²) in [4.78, 5) is 1.08. The summed E-state index contributed by atoms with van der Waals surface area (Å²) in [5, 5.41) is 9.22. The van der Waals surface area contributed by atoms with Crippen molar-refractivity contribution in [1.82, 2.24) is 0 Å². The Bertz CT molecular complexity index is 2960. The van der Waals surface area contributed by atoms with Gasteiger partial charge in [0, 0.05) is 45.6 Å². The van der Waals surface area contributed by atoms with Gasteiger partial charge in [-0.05, 0) is 98.2 Å². The summed E-state index contributed by atoms with van der Waals surface area (Å²) in [5.74, 6) is 3.63. The van der Waals surface area contributed by atoms with E-state index in [1.165, 1.54) is 0 Å². The highest BCUT2D eigenvalue weighted by Crippen LogP contribution is 2.53. The number of rotatable bonds is 6. The molecule has 0 fully saturated rings. The molecule has 0 amide bonds. The van der Waals surface area contributed by atoms with Gasteiger partial charge in [0.1, 0.15) is 28.7 Å². The molecule has 2 heterocycles. The number of aryl methyl sites for hydroxylation is 1. The molecule has 6 nitrogen and oxygen atoms in total. The van der Waals surface area contributed by atoms with Gasteiger partial charge in [-0.3, -0.25) is 4.52 Å². The van der Waals surface area contributed by atoms with E-state index < -0.39 is 17.2 Å². The summed E-state index contributed by atoms with van der Waals surface area (Å²) >= 11 is 1.67. The molecule has 11 rings (SSSR count). The predicted molar refractivity (Wildman–Crippen MR) is 246 cm³/mol. The lowest BCUT2D eigenvalue weighted by molar-refractivity contribution is 0.251. The van der Waals surface area contributed by atoms with Gasteiger partial charge in [0.25, 0.3) is 0 Å². The monoisotopic (exact) mass is 840 g/mol. The van der Waals surface area contributed by atoms with Crippen molar-refractivity contribution in [2.75, 3.05) is 6.26 Å².